The number of aromatic amines is 1. The summed E-state index contributed by atoms with van der Waals surface area (Å²) in [6, 6.07) is 8.31. The topological polar surface area (TPSA) is 40.7 Å². The molecule has 3 nitrogen and oxygen atoms in total. The zero-order chi connectivity index (χ0) is 11.7. The molecule has 0 amide bonds. The summed E-state index contributed by atoms with van der Waals surface area (Å²) < 4.78 is 0. The molecule has 0 bridgehead atoms. The van der Waals surface area contributed by atoms with Gasteiger partial charge in [0.05, 0.1) is 0 Å². The molecule has 17 heavy (non-hydrogen) atoms. The Labute approximate surface area is 104 Å². The van der Waals surface area contributed by atoms with E-state index in [1.165, 1.54) is 15.8 Å². The molecule has 2 N–H and O–H groups in total. The predicted octanol–water partition coefficient (Wildman–Crippen LogP) is 3.01. The van der Waals surface area contributed by atoms with Crippen LogP contribution in [0, 0.1) is 0 Å². The van der Waals surface area contributed by atoms with Crippen LogP contribution in [0.25, 0.3) is 21.5 Å². The first-order chi connectivity index (χ1) is 8.38. The van der Waals surface area contributed by atoms with Gasteiger partial charge in [0.1, 0.15) is 5.01 Å². The fourth-order valence-electron chi connectivity index (χ4n) is 1.94. The number of H-pyrrole nitrogens is 1. The third-order valence-electron chi connectivity index (χ3n) is 2.72. The van der Waals surface area contributed by atoms with E-state index in [0.717, 1.165) is 17.1 Å². The second-order valence-electron chi connectivity index (χ2n) is 3.91. The molecule has 3 rings (SSSR count). The number of thiazole rings is 1. The molecular formula is C13H13N3S. The van der Waals surface area contributed by atoms with E-state index in [2.05, 4.69) is 33.5 Å². The van der Waals surface area contributed by atoms with E-state index in [0.29, 0.717) is 0 Å². The van der Waals surface area contributed by atoms with Crippen LogP contribution >= 0.6 is 11.3 Å². The number of rotatable bonds is 3. The van der Waals surface area contributed by atoms with Gasteiger partial charge in [-0.1, -0.05) is 18.2 Å². The van der Waals surface area contributed by atoms with E-state index >= 15 is 0 Å². The highest BCUT2D eigenvalue weighted by Crippen LogP contribution is 2.31. The molecule has 0 atom stereocenters. The molecule has 4 heteroatoms. The van der Waals surface area contributed by atoms with Gasteiger partial charge in [-0.05, 0) is 13.1 Å². The Morgan fingerprint density at radius 3 is 3.12 bits per heavy atom. The van der Waals surface area contributed by atoms with Crippen LogP contribution in [0.4, 0.5) is 0 Å². The zero-order valence-electron chi connectivity index (χ0n) is 9.53. The van der Waals surface area contributed by atoms with E-state index in [1.807, 2.05) is 25.5 Å². The van der Waals surface area contributed by atoms with E-state index in [4.69, 9.17) is 0 Å². The summed E-state index contributed by atoms with van der Waals surface area (Å²) in [5.41, 5.74) is 2.35. The van der Waals surface area contributed by atoms with Crippen molar-refractivity contribution in [3.05, 3.63) is 41.5 Å². The Morgan fingerprint density at radius 2 is 2.24 bits per heavy atom. The van der Waals surface area contributed by atoms with Crippen LogP contribution in [0.5, 0.6) is 0 Å². The Balaban J connectivity index is 2.07. The molecule has 3 aromatic rings. The SMILES string of the molecule is CNCc1cnc(-c2c[nH]c3ccccc23)s1. The third kappa shape index (κ3) is 1.85. The molecule has 0 unspecified atom stereocenters. The number of benzene rings is 1. The highest BCUT2D eigenvalue weighted by atomic mass is 32.1. The molecule has 1 aromatic carbocycles. The fraction of sp³-hybridized carbons (Fsp3) is 0.154. The minimum absolute atomic E-state index is 0.875. The lowest BCUT2D eigenvalue weighted by molar-refractivity contribution is 0.829. The average molecular weight is 243 g/mol. The van der Waals surface area contributed by atoms with Crippen molar-refractivity contribution in [3.63, 3.8) is 0 Å². The van der Waals surface area contributed by atoms with E-state index in [1.54, 1.807) is 11.3 Å². The number of para-hydroxylation sites is 1. The van der Waals surface area contributed by atoms with Gasteiger partial charge < -0.3 is 10.3 Å². The molecule has 86 valence electrons. The Bertz CT molecular complexity index is 639. The summed E-state index contributed by atoms with van der Waals surface area (Å²) in [6.45, 7) is 0.875. The van der Waals surface area contributed by atoms with Crippen LogP contribution in [0.3, 0.4) is 0 Å². The van der Waals surface area contributed by atoms with Gasteiger partial charge in [-0.2, -0.15) is 0 Å². The first kappa shape index (κ1) is 10.5. The molecule has 0 fully saturated rings. The van der Waals surface area contributed by atoms with Crippen molar-refractivity contribution < 1.29 is 0 Å². The quantitative estimate of drug-likeness (QED) is 0.742. The zero-order valence-corrected chi connectivity index (χ0v) is 10.3. The van der Waals surface area contributed by atoms with Gasteiger partial charge in [0, 0.05) is 40.3 Å². The maximum atomic E-state index is 4.49. The minimum atomic E-state index is 0.875. The molecular weight excluding hydrogens is 230 g/mol. The summed E-state index contributed by atoms with van der Waals surface area (Å²) >= 11 is 1.74. The first-order valence-corrected chi connectivity index (χ1v) is 6.36. The van der Waals surface area contributed by atoms with Gasteiger partial charge in [-0.3, -0.25) is 0 Å². The lowest BCUT2D eigenvalue weighted by Gasteiger charge is -1.93. The Kier molecular flexibility index (Phi) is 2.66. The predicted molar refractivity (Wildman–Crippen MR) is 72.2 cm³/mol. The molecule has 0 aliphatic carbocycles. The average Bonchev–Trinajstić information content (AvgIpc) is 2.95. The molecule has 2 aromatic heterocycles. The lowest BCUT2D eigenvalue weighted by atomic mass is 10.2. The van der Waals surface area contributed by atoms with Crippen LogP contribution in [-0.4, -0.2) is 17.0 Å². The van der Waals surface area contributed by atoms with Crippen molar-refractivity contribution in [3.8, 4) is 10.6 Å². The summed E-state index contributed by atoms with van der Waals surface area (Å²) in [6.07, 6.45) is 3.98. The summed E-state index contributed by atoms with van der Waals surface area (Å²) in [5.74, 6) is 0. The summed E-state index contributed by atoms with van der Waals surface area (Å²) in [7, 11) is 1.95. The molecule has 0 aliphatic rings. The van der Waals surface area contributed by atoms with E-state index in [9.17, 15) is 0 Å². The van der Waals surface area contributed by atoms with Gasteiger partial charge in [-0.25, -0.2) is 4.98 Å². The van der Waals surface area contributed by atoms with Crippen LogP contribution in [0.15, 0.2) is 36.7 Å². The molecule has 0 saturated heterocycles. The normalized spacial score (nSPS) is 11.1. The molecule has 0 radical (unpaired) electrons. The molecule has 0 saturated carbocycles. The second kappa shape index (κ2) is 4.31. The van der Waals surface area contributed by atoms with Crippen molar-refractivity contribution in [2.45, 2.75) is 6.54 Å². The number of nitrogens with one attached hydrogen (secondary N) is 2. The number of aromatic nitrogens is 2. The van der Waals surface area contributed by atoms with Gasteiger partial charge in [0.15, 0.2) is 0 Å². The number of hydrogen-bond acceptors (Lipinski definition) is 3. The monoisotopic (exact) mass is 243 g/mol. The number of nitrogens with zero attached hydrogens (tertiary/aromatic N) is 1. The maximum Gasteiger partial charge on any atom is 0.125 e. The smallest absolute Gasteiger partial charge is 0.125 e. The van der Waals surface area contributed by atoms with Crippen molar-refractivity contribution >= 4 is 22.2 Å². The Hall–Kier alpha value is -1.65. The minimum Gasteiger partial charge on any atom is -0.360 e. The number of fused-ring (bicyclic) bond motifs is 1. The van der Waals surface area contributed by atoms with E-state index in [-0.39, 0.29) is 0 Å². The largest absolute Gasteiger partial charge is 0.360 e. The van der Waals surface area contributed by atoms with E-state index < -0.39 is 0 Å². The second-order valence-corrected chi connectivity index (χ2v) is 5.03. The van der Waals surface area contributed by atoms with Crippen LogP contribution in [0.2, 0.25) is 0 Å². The third-order valence-corrected chi connectivity index (χ3v) is 3.75. The maximum absolute atomic E-state index is 4.49. The van der Waals surface area contributed by atoms with Gasteiger partial charge in [0.2, 0.25) is 0 Å². The van der Waals surface area contributed by atoms with Crippen molar-refractivity contribution in [1.82, 2.24) is 15.3 Å². The molecule has 0 spiro atoms. The van der Waals surface area contributed by atoms with Crippen molar-refractivity contribution in [2.24, 2.45) is 0 Å². The van der Waals surface area contributed by atoms with Crippen LogP contribution in [0.1, 0.15) is 4.88 Å². The molecule has 0 aliphatic heterocycles. The van der Waals surface area contributed by atoms with Crippen molar-refractivity contribution in [2.75, 3.05) is 7.05 Å². The molecule has 2 heterocycles. The van der Waals surface area contributed by atoms with Crippen LogP contribution in [-0.2, 0) is 6.54 Å². The van der Waals surface area contributed by atoms with Gasteiger partial charge in [0.25, 0.3) is 0 Å². The van der Waals surface area contributed by atoms with Crippen LogP contribution < -0.4 is 5.32 Å². The van der Waals surface area contributed by atoms with Gasteiger partial charge in [-0.15, -0.1) is 11.3 Å². The van der Waals surface area contributed by atoms with Crippen molar-refractivity contribution in [1.29, 1.82) is 0 Å². The first-order valence-electron chi connectivity index (χ1n) is 5.54. The standard InChI is InChI=1S/C13H13N3S/c1-14-6-9-7-16-13(17-9)11-8-15-12-5-3-2-4-10(11)12/h2-5,7-8,14-15H,6H2,1H3. The Morgan fingerprint density at radius 1 is 1.35 bits per heavy atom. The van der Waals surface area contributed by atoms with Gasteiger partial charge >= 0.3 is 0 Å². The number of hydrogen-bond donors (Lipinski definition) is 2. The fourth-order valence-corrected chi connectivity index (χ4v) is 2.89. The lowest BCUT2D eigenvalue weighted by Crippen LogP contribution is -2.02. The highest BCUT2D eigenvalue weighted by Gasteiger charge is 2.09. The highest BCUT2D eigenvalue weighted by molar-refractivity contribution is 7.15. The summed E-state index contributed by atoms with van der Waals surface area (Å²) in [4.78, 5) is 9.02. The summed E-state index contributed by atoms with van der Waals surface area (Å²) in [5, 5.41) is 5.45.